The second-order valence-corrected chi connectivity index (χ2v) is 7.64. The summed E-state index contributed by atoms with van der Waals surface area (Å²) in [6, 6.07) is 16.3. The lowest BCUT2D eigenvalue weighted by molar-refractivity contribution is -0.150. The van der Waals surface area contributed by atoms with Crippen molar-refractivity contribution in [3.63, 3.8) is 0 Å². The van der Waals surface area contributed by atoms with Gasteiger partial charge in [-0.2, -0.15) is 5.26 Å². The maximum atomic E-state index is 12.5. The lowest BCUT2D eigenvalue weighted by Gasteiger charge is -2.13. The van der Waals surface area contributed by atoms with Crippen LogP contribution >= 0.6 is 0 Å². The average molecular weight is 350 g/mol. The normalized spacial score (nSPS) is 18.4. The highest BCUT2D eigenvalue weighted by molar-refractivity contribution is 5.79. The van der Waals surface area contributed by atoms with Gasteiger partial charge in [-0.25, -0.2) is 4.98 Å². The minimum atomic E-state index is -1.06. The van der Waals surface area contributed by atoms with Crippen LogP contribution in [0.2, 0.25) is 0 Å². The van der Waals surface area contributed by atoms with Crippen molar-refractivity contribution in [3.8, 4) is 17.7 Å². The summed E-state index contributed by atoms with van der Waals surface area (Å²) in [4.78, 5) is 16.8. The van der Waals surface area contributed by atoms with Crippen LogP contribution in [0.4, 0.5) is 0 Å². The van der Waals surface area contributed by atoms with Crippen LogP contribution in [-0.2, 0) is 9.53 Å². The zero-order chi connectivity index (χ0) is 18.9. The van der Waals surface area contributed by atoms with Gasteiger partial charge < -0.3 is 9.47 Å². The van der Waals surface area contributed by atoms with Crippen LogP contribution < -0.4 is 4.74 Å². The number of hydrogen-bond acceptors (Lipinski definition) is 5. The number of pyridine rings is 1. The Labute approximate surface area is 153 Å². The van der Waals surface area contributed by atoms with E-state index < -0.39 is 6.10 Å². The van der Waals surface area contributed by atoms with Crippen LogP contribution in [0.15, 0.2) is 48.5 Å². The van der Waals surface area contributed by atoms with Crippen LogP contribution in [0.25, 0.3) is 0 Å². The predicted molar refractivity (Wildman–Crippen MR) is 96.3 cm³/mol. The molecule has 1 aromatic carbocycles. The largest absolute Gasteiger partial charge is 0.440 e. The number of carbonyl (C=O) groups is 1. The first-order valence-corrected chi connectivity index (χ1v) is 8.57. The molecule has 0 N–H and O–H groups in total. The lowest BCUT2D eigenvalue weighted by Crippen LogP contribution is -2.16. The van der Waals surface area contributed by atoms with Crippen molar-refractivity contribution in [1.29, 1.82) is 5.26 Å². The molecule has 5 heteroatoms. The zero-order valence-electron chi connectivity index (χ0n) is 15.4. The molecule has 134 valence electrons. The summed E-state index contributed by atoms with van der Waals surface area (Å²) in [6.45, 7) is 8.14. The van der Waals surface area contributed by atoms with E-state index in [-0.39, 0.29) is 22.7 Å². The molecule has 0 saturated heterocycles. The first kappa shape index (κ1) is 17.9. The summed E-state index contributed by atoms with van der Waals surface area (Å²) in [6.07, 6.45) is -1.06. The molecule has 3 rings (SSSR count). The van der Waals surface area contributed by atoms with Gasteiger partial charge in [0.25, 0.3) is 0 Å². The van der Waals surface area contributed by atoms with E-state index in [1.807, 2.05) is 64.1 Å². The highest BCUT2D eigenvalue weighted by atomic mass is 16.5. The molecule has 0 amide bonds. The quantitative estimate of drug-likeness (QED) is 0.733. The summed E-state index contributed by atoms with van der Waals surface area (Å²) >= 11 is 0. The number of ether oxygens (including phenoxy) is 2. The number of nitriles is 1. The smallest absolute Gasteiger partial charge is 0.311 e. The van der Waals surface area contributed by atoms with Gasteiger partial charge in [0.2, 0.25) is 12.0 Å². The number of aromatic nitrogens is 1. The fraction of sp³-hybridized carbons (Fsp3) is 0.381. The van der Waals surface area contributed by atoms with Gasteiger partial charge in [-0.05, 0) is 29.0 Å². The SMILES string of the molecule is CC1(C)C(C(=O)OC(C#N)c2cccc(Oc3ccccc3)n2)C1(C)C. The number of benzene rings is 1. The third kappa shape index (κ3) is 3.15. The van der Waals surface area contributed by atoms with Crippen LogP contribution in [0.1, 0.15) is 39.5 Å². The molecular formula is C21H22N2O3. The first-order chi connectivity index (χ1) is 12.3. The van der Waals surface area contributed by atoms with E-state index in [0.717, 1.165) is 0 Å². The van der Waals surface area contributed by atoms with Crippen LogP contribution in [-0.4, -0.2) is 11.0 Å². The summed E-state index contributed by atoms with van der Waals surface area (Å²) < 4.78 is 11.2. The van der Waals surface area contributed by atoms with E-state index >= 15 is 0 Å². The topological polar surface area (TPSA) is 72.2 Å². The summed E-state index contributed by atoms with van der Waals surface area (Å²) in [7, 11) is 0. The van der Waals surface area contributed by atoms with E-state index in [0.29, 0.717) is 17.3 Å². The predicted octanol–water partition coefficient (Wildman–Crippen LogP) is 4.66. The molecule has 1 heterocycles. The Morgan fingerprint density at radius 3 is 2.31 bits per heavy atom. The Bertz CT molecular complexity index is 839. The molecule has 1 fully saturated rings. The maximum absolute atomic E-state index is 12.5. The van der Waals surface area contributed by atoms with E-state index in [4.69, 9.17) is 9.47 Å². The van der Waals surface area contributed by atoms with Gasteiger partial charge in [0.05, 0.1) is 11.6 Å². The van der Waals surface area contributed by atoms with Gasteiger partial charge in [-0.15, -0.1) is 0 Å². The maximum Gasteiger partial charge on any atom is 0.311 e. The number of carbonyl (C=O) groups excluding carboxylic acids is 1. The average Bonchev–Trinajstić information content (AvgIpc) is 3.02. The van der Waals surface area contributed by atoms with Crippen molar-refractivity contribution < 1.29 is 14.3 Å². The second-order valence-electron chi connectivity index (χ2n) is 7.64. The van der Waals surface area contributed by atoms with Crippen molar-refractivity contribution in [2.24, 2.45) is 16.7 Å². The van der Waals surface area contributed by atoms with Gasteiger partial charge in [0.15, 0.2) is 0 Å². The van der Waals surface area contributed by atoms with E-state index in [1.54, 1.807) is 18.2 Å². The zero-order valence-corrected chi connectivity index (χ0v) is 15.4. The Morgan fingerprint density at radius 2 is 1.73 bits per heavy atom. The Hall–Kier alpha value is -2.87. The van der Waals surface area contributed by atoms with Gasteiger partial charge in [-0.3, -0.25) is 4.79 Å². The number of para-hydroxylation sites is 1. The number of rotatable bonds is 5. The Morgan fingerprint density at radius 1 is 1.08 bits per heavy atom. The third-order valence-electron chi connectivity index (χ3n) is 5.59. The van der Waals surface area contributed by atoms with E-state index in [9.17, 15) is 10.1 Å². The molecule has 1 saturated carbocycles. The van der Waals surface area contributed by atoms with Crippen molar-refractivity contribution >= 4 is 5.97 Å². The molecule has 1 aliphatic rings. The minimum absolute atomic E-state index is 0.143. The van der Waals surface area contributed by atoms with Gasteiger partial charge >= 0.3 is 5.97 Å². The van der Waals surface area contributed by atoms with E-state index in [1.165, 1.54) is 0 Å². The molecule has 1 aliphatic carbocycles. The first-order valence-electron chi connectivity index (χ1n) is 8.57. The molecule has 26 heavy (non-hydrogen) atoms. The highest BCUT2D eigenvalue weighted by Gasteiger charge is 2.69. The van der Waals surface area contributed by atoms with E-state index in [2.05, 4.69) is 4.98 Å². The molecule has 2 aromatic rings. The third-order valence-corrected chi connectivity index (χ3v) is 5.59. The lowest BCUT2D eigenvalue weighted by atomic mass is 10.0. The molecule has 0 bridgehead atoms. The molecule has 1 aromatic heterocycles. The summed E-state index contributed by atoms with van der Waals surface area (Å²) in [5.74, 6) is 0.401. The molecule has 5 nitrogen and oxygen atoms in total. The van der Waals surface area contributed by atoms with Crippen LogP contribution in [0.5, 0.6) is 11.6 Å². The van der Waals surface area contributed by atoms with Crippen LogP contribution in [0, 0.1) is 28.1 Å². The van der Waals surface area contributed by atoms with Crippen molar-refractivity contribution in [3.05, 3.63) is 54.2 Å². The summed E-state index contributed by atoms with van der Waals surface area (Å²) in [5.41, 5.74) is 0.0662. The molecule has 1 atom stereocenters. The molecule has 0 aliphatic heterocycles. The summed E-state index contributed by atoms with van der Waals surface area (Å²) in [5, 5.41) is 9.46. The Kier molecular flexibility index (Phi) is 4.45. The van der Waals surface area contributed by atoms with Crippen molar-refractivity contribution in [2.45, 2.75) is 33.8 Å². The minimum Gasteiger partial charge on any atom is -0.440 e. The molecular weight excluding hydrogens is 328 g/mol. The fourth-order valence-corrected chi connectivity index (χ4v) is 3.37. The monoisotopic (exact) mass is 350 g/mol. The van der Waals surface area contributed by atoms with Crippen LogP contribution in [0.3, 0.4) is 0 Å². The van der Waals surface area contributed by atoms with Crippen molar-refractivity contribution in [2.75, 3.05) is 0 Å². The standard InChI is InChI=1S/C21H22N2O3/c1-20(2)18(21(20,3)4)19(24)26-16(13-22)15-11-8-12-17(23-15)25-14-9-6-5-7-10-14/h5-12,16,18H,1-4H3. The number of esters is 1. The van der Waals surface area contributed by atoms with Crippen molar-refractivity contribution in [1.82, 2.24) is 4.98 Å². The van der Waals surface area contributed by atoms with Gasteiger partial charge in [0.1, 0.15) is 11.8 Å². The highest BCUT2D eigenvalue weighted by Crippen LogP contribution is 2.68. The molecule has 1 unspecified atom stereocenters. The van der Waals surface area contributed by atoms with Gasteiger partial charge in [-0.1, -0.05) is 52.0 Å². The Balaban J connectivity index is 1.74. The van der Waals surface area contributed by atoms with Gasteiger partial charge in [0, 0.05) is 6.07 Å². The second kappa shape index (κ2) is 6.45. The molecule has 0 spiro atoms. The number of nitrogens with zero attached hydrogens (tertiary/aromatic N) is 2. The molecule has 0 radical (unpaired) electrons. The fourth-order valence-electron chi connectivity index (χ4n) is 3.37. The number of hydrogen-bond donors (Lipinski definition) is 0.